The molecule has 10 heteroatoms. The van der Waals surface area contributed by atoms with Crippen molar-refractivity contribution in [3.63, 3.8) is 0 Å². The number of amides is 2. The van der Waals surface area contributed by atoms with Crippen LogP contribution in [0, 0.1) is 0 Å². The van der Waals surface area contributed by atoms with Crippen LogP contribution in [0.4, 0.5) is 22.7 Å². The number of nitrogen functional groups attached to an aromatic ring is 1. The summed E-state index contributed by atoms with van der Waals surface area (Å²) >= 11 is 0. The molecule has 52 heavy (non-hydrogen) atoms. The average Bonchev–Trinajstić information content (AvgIpc) is 3.67. The zero-order valence-electron chi connectivity index (χ0n) is 29.3. The topological polar surface area (TPSA) is 116 Å². The SMILES string of the molecule is COc1cc(C(=O)N2c3ccccc3C[C@H]2C)c(N)cc1OCc1cccc(COc2cc3c(cc2OC)C(=O)N2c4ccccc4C[C@H]2CN3)c1. The fourth-order valence-corrected chi connectivity index (χ4v) is 7.58. The first-order valence-electron chi connectivity index (χ1n) is 17.4. The second kappa shape index (κ2) is 13.5. The summed E-state index contributed by atoms with van der Waals surface area (Å²) in [5.74, 6) is 1.64. The van der Waals surface area contributed by atoms with Gasteiger partial charge in [-0.2, -0.15) is 0 Å². The second-order valence-corrected chi connectivity index (χ2v) is 13.4. The minimum atomic E-state index is -0.174. The molecule has 0 aliphatic carbocycles. The monoisotopic (exact) mass is 696 g/mol. The van der Waals surface area contributed by atoms with Crippen LogP contribution in [-0.4, -0.2) is 44.7 Å². The van der Waals surface area contributed by atoms with E-state index in [4.69, 9.17) is 24.7 Å². The van der Waals surface area contributed by atoms with Gasteiger partial charge in [0.15, 0.2) is 23.0 Å². The predicted octanol–water partition coefficient (Wildman–Crippen LogP) is 7.03. The molecule has 0 bridgehead atoms. The number of carbonyl (C=O) groups is 2. The molecule has 5 aromatic carbocycles. The van der Waals surface area contributed by atoms with Crippen LogP contribution in [0.3, 0.4) is 0 Å². The number of methoxy groups -OCH3 is 2. The minimum absolute atomic E-state index is 0.0119. The standard InChI is InChI=1S/C42H40N4O6/c1-25-15-28-11-4-6-13-35(28)45(25)41(47)31-18-37(49-2)39(20-33(31)43)51-23-26-9-8-10-27(16-26)24-52-40-21-34-32(19-38(40)50-3)42(48)46-30(22-44-34)17-29-12-5-7-14-36(29)46/h4-14,16,18-21,25,30,44H,15,17,22-24,43H2,1-3H3/t25-,30+/m1/s1. The number of ether oxygens (including phenoxy) is 4. The van der Waals surface area contributed by atoms with Crippen LogP contribution in [0.5, 0.6) is 23.0 Å². The van der Waals surface area contributed by atoms with Crippen LogP contribution in [0.1, 0.15) is 49.9 Å². The van der Waals surface area contributed by atoms with Crippen molar-refractivity contribution in [2.75, 3.05) is 41.6 Å². The fraction of sp³-hybridized carbons (Fsp3) is 0.238. The van der Waals surface area contributed by atoms with E-state index in [0.717, 1.165) is 46.6 Å². The van der Waals surface area contributed by atoms with E-state index in [1.165, 1.54) is 5.56 Å². The average molecular weight is 697 g/mol. The van der Waals surface area contributed by atoms with Gasteiger partial charge in [0, 0.05) is 41.8 Å². The predicted molar refractivity (Wildman–Crippen MR) is 201 cm³/mol. The number of hydrogen-bond acceptors (Lipinski definition) is 8. The van der Waals surface area contributed by atoms with Gasteiger partial charge < -0.3 is 39.8 Å². The number of nitrogens with zero attached hydrogens (tertiary/aromatic N) is 2. The summed E-state index contributed by atoms with van der Waals surface area (Å²) < 4.78 is 23.8. The summed E-state index contributed by atoms with van der Waals surface area (Å²) in [4.78, 5) is 31.2. The van der Waals surface area contributed by atoms with Crippen molar-refractivity contribution < 1.29 is 28.5 Å². The molecule has 0 saturated heterocycles. The second-order valence-electron chi connectivity index (χ2n) is 13.4. The molecule has 2 amide bonds. The number of anilines is 4. The van der Waals surface area contributed by atoms with Gasteiger partial charge in [-0.3, -0.25) is 9.59 Å². The van der Waals surface area contributed by atoms with Crippen LogP contribution in [0.2, 0.25) is 0 Å². The highest BCUT2D eigenvalue weighted by molar-refractivity contribution is 6.12. The Hall–Kier alpha value is -6.16. The summed E-state index contributed by atoms with van der Waals surface area (Å²) in [7, 11) is 3.12. The Morgan fingerprint density at radius 3 is 2.12 bits per heavy atom. The van der Waals surface area contributed by atoms with Crippen molar-refractivity contribution in [2.24, 2.45) is 0 Å². The molecule has 0 aromatic heterocycles. The smallest absolute Gasteiger partial charge is 0.260 e. The maximum absolute atomic E-state index is 13.8. The summed E-state index contributed by atoms with van der Waals surface area (Å²) in [5, 5.41) is 3.48. The maximum atomic E-state index is 13.8. The van der Waals surface area contributed by atoms with Gasteiger partial charge >= 0.3 is 0 Å². The molecule has 0 fully saturated rings. The summed E-state index contributed by atoms with van der Waals surface area (Å²) in [6.45, 7) is 3.17. The van der Waals surface area contributed by atoms with Crippen molar-refractivity contribution in [2.45, 2.75) is 45.1 Å². The van der Waals surface area contributed by atoms with Crippen molar-refractivity contribution in [3.05, 3.63) is 130 Å². The van der Waals surface area contributed by atoms with Crippen LogP contribution in [0.25, 0.3) is 0 Å². The van der Waals surface area contributed by atoms with E-state index in [2.05, 4.69) is 17.4 Å². The van der Waals surface area contributed by atoms with Crippen LogP contribution >= 0.6 is 0 Å². The van der Waals surface area contributed by atoms with Gasteiger partial charge in [0.25, 0.3) is 11.8 Å². The molecule has 2 atom stereocenters. The molecule has 0 spiro atoms. The Kier molecular flexibility index (Phi) is 8.58. The third-order valence-electron chi connectivity index (χ3n) is 10.1. The highest BCUT2D eigenvalue weighted by Crippen LogP contribution is 2.41. The Labute approximate surface area is 302 Å². The van der Waals surface area contributed by atoms with Crippen LogP contribution in [-0.2, 0) is 26.1 Å². The molecule has 0 radical (unpaired) electrons. The van der Waals surface area contributed by atoms with Crippen molar-refractivity contribution in [1.82, 2.24) is 0 Å². The van der Waals surface area contributed by atoms with Gasteiger partial charge in [0.1, 0.15) is 13.2 Å². The molecular formula is C42H40N4O6. The number of nitrogens with one attached hydrogen (secondary N) is 1. The normalized spacial score (nSPS) is 16.9. The van der Waals surface area contributed by atoms with E-state index >= 15 is 0 Å². The van der Waals surface area contributed by atoms with Gasteiger partial charge in [-0.15, -0.1) is 0 Å². The van der Waals surface area contributed by atoms with Gasteiger partial charge in [0.2, 0.25) is 0 Å². The Balaban J connectivity index is 0.954. The number of para-hydroxylation sites is 2. The largest absolute Gasteiger partial charge is 0.493 e. The summed E-state index contributed by atoms with van der Waals surface area (Å²) in [5.41, 5.74) is 14.4. The van der Waals surface area contributed by atoms with Gasteiger partial charge in [-0.25, -0.2) is 0 Å². The summed E-state index contributed by atoms with van der Waals surface area (Å²) in [6.07, 6.45) is 1.60. The Morgan fingerprint density at radius 1 is 0.769 bits per heavy atom. The van der Waals surface area contributed by atoms with E-state index in [-0.39, 0.29) is 37.1 Å². The maximum Gasteiger partial charge on any atom is 0.260 e. The zero-order valence-corrected chi connectivity index (χ0v) is 29.3. The summed E-state index contributed by atoms with van der Waals surface area (Å²) in [6, 6.07) is 30.9. The molecular weight excluding hydrogens is 656 g/mol. The number of fused-ring (bicyclic) bond motifs is 5. The lowest BCUT2D eigenvalue weighted by molar-refractivity contribution is 0.0974. The number of hydrogen-bond donors (Lipinski definition) is 2. The van der Waals surface area contributed by atoms with E-state index in [9.17, 15) is 9.59 Å². The van der Waals surface area contributed by atoms with E-state index < -0.39 is 0 Å². The Morgan fingerprint density at radius 2 is 1.40 bits per heavy atom. The van der Waals surface area contributed by atoms with Crippen molar-refractivity contribution >= 4 is 34.6 Å². The molecule has 3 N–H and O–H groups in total. The van der Waals surface area contributed by atoms with Crippen molar-refractivity contribution in [3.8, 4) is 23.0 Å². The molecule has 0 unspecified atom stereocenters. The van der Waals surface area contributed by atoms with Crippen LogP contribution in [0.15, 0.2) is 97.1 Å². The molecule has 264 valence electrons. The van der Waals surface area contributed by atoms with Gasteiger partial charge in [-0.05, 0) is 72.4 Å². The molecule has 0 saturated carbocycles. The Bertz CT molecular complexity index is 2200. The third-order valence-corrected chi connectivity index (χ3v) is 10.1. The minimum Gasteiger partial charge on any atom is -0.493 e. The van der Waals surface area contributed by atoms with Crippen molar-refractivity contribution in [1.29, 1.82) is 0 Å². The lowest BCUT2D eigenvalue weighted by atomic mass is 10.1. The fourth-order valence-electron chi connectivity index (χ4n) is 7.58. The molecule has 3 heterocycles. The zero-order chi connectivity index (χ0) is 35.9. The van der Waals surface area contributed by atoms with Gasteiger partial charge in [0.05, 0.1) is 37.1 Å². The first-order chi connectivity index (χ1) is 25.3. The number of nitrogens with two attached hydrogens (primary N) is 1. The van der Waals surface area contributed by atoms with E-state index in [1.807, 2.05) is 78.6 Å². The quantitative estimate of drug-likeness (QED) is 0.158. The number of rotatable bonds is 9. The van der Waals surface area contributed by atoms with Gasteiger partial charge in [-0.1, -0.05) is 54.6 Å². The third kappa shape index (κ3) is 5.89. The van der Waals surface area contributed by atoms with Crippen LogP contribution < -0.4 is 39.8 Å². The molecule has 3 aliphatic rings. The number of benzene rings is 5. The molecule has 5 aromatic rings. The molecule has 10 nitrogen and oxygen atoms in total. The molecule has 8 rings (SSSR count). The van der Waals surface area contributed by atoms with E-state index in [1.54, 1.807) is 37.3 Å². The lowest BCUT2D eigenvalue weighted by Gasteiger charge is -2.24. The highest BCUT2D eigenvalue weighted by atomic mass is 16.5. The number of carbonyl (C=O) groups excluding carboxylic acids is 2. The first kappa shape index (κ1) is 33.0. The lowest BCUT2D eigenvalue weighted by Crippen LogP contribution is -2.39. The van der Waals surface area contributed by atoms with E-state index in [0.29, 0.717) is 46.4 Å². The first-order valence-corrected chi connectivity index (χ1v) is 17.4. The highest BCUT2D eigenvalue weighted by Gasteiger charge is 2.38. The molecule has 3 aliphatic heterocycles.